The molecule has 0 aliphatic heterocycles. The van der Waals surface area contributed by atoms with Crippen LogP contribution in [0.5, 0.6) is 5.88 Å². The van der Waals surface area contributed by atoms with Crippen molar-refractivity contribution in [1.29, 1.82) is 0 Å². The highest BCUT2D eigenvalue weighted by molar-refractivity contribution is 5.87. The van der Waals surface area contributed by atoms with Crippen LogP contribution in [0.4, 0.5) is 5.82 Å². The normalized spacial score (nSPS) is 14.8. The lowest BCUT2D eigenvalue weighted by Crippen LogP contribution is -2.12. The Labute approximate surface area is 197 Å². The molecule has 6 nitrogen and oxygen atoms in total. The summed E-state index contributed by atoms with van der Waals surface area (Å²) in [6, 6.07) is 24.2. The molecule has 0 fully saturated rings. The van der Waals surface area contributed by atoms with Gasteiger partial charge in [0.25, 0.3) is 5.88 Å². The Morgan fingerprint density at radius 2 is 1.65 bits per heavy atom. The van der Waals surface area contributed by atoms with Crippen LogP contribution in [-0.4, -0.2) is 26.5 Å². The molecule has 1 aliphatic rings. The molecule has 6 rings (SSSR count). The summed E-state index contributed by atoms with van der Waals surface area (Å²) in [5.74, 6) is 0.857. The number of ether oxygens (including phenoxy) is 1. The van der Waals surface area contributed by atoms with Gasteiger partial charge < -0.3 is 10.5 Å². The molecule has 1 unspecified atom stereocenters. The lowest BCUT2D eigenvalue weighted by atomic mass is 10.0. The number of nitrogens with two attached hydrogens (primary N) is 1. The SMILES string of the molecule is Nc1nc(-c2ccccc2)c(-c2ccc3ncccc3c2)nc1OCC1CCc2cccnc21. The van der Waals surface area contributed by atoms with Gasteiger partial charge in [-0.3, -0.25) is 9.97 Å². The van der Waals surface area contributed by atoms with Crippen molar-refractivity contribution in [2.45, 2.75) is 18.8 Å². The van der Waals surface area contributed by atoms with Gasteiger partial charge in [-0.2, -0.15) is 0 Å². The molecule has 0 saturated heterocycles. The minimum absolute atomic E-state index is 0.224. The maximum absolute atomic E-state index is 6.35. The predicted molar refractivity (Wildman–Crippen MR) is 133 cm³/mol. The Kier molecular flexibility index (Phi) is 5.11. The lowest BCUT2D eigenvalue weighted by Gasteiger charge is -2.16. The lowest BCUT2D eigenvalue weighted by molar-refractivity contribution is 0.276. The zero-order valence-corrected chi connectivity index (χ0v) is 18.6. The fourth-order valence-corrected chi connectivity index (χ4v) is 4.60. The molecule has 0 radical (unpaired) electrons. The molecular formula is C28H23N5O. The third kappa shape index (κ3) is 3.73. The molecule has 2 N–H and O–H groups in total. The molecule has 1 atom stereocenters. The Morgan fingerprint density at radius 3 is 2.56 bits per heavy atom. The minimum atomic E-state index is 0.224. The van der Waals surface area contributed by atoms with Crippen LogP contribution >= 0.6 is 0 Å². The second-order valence-corrected chi connectivity index (χ2v) is 8.48. The zero-order chi connectivity index (χ0) is 22.9. The number of aromatic nitrogens is 4. The van der Waals surface area contributed by atoms with Crippen molar-refractivity contribution in [1.82, 2.24) is 19.9 Å². The van der Waals surface area contributed by atoms with Crippen molar-refractivity contribution in [3.8, 4) is 28.4 Å². The quantitative estimate of drug-likeness (QED) is 0.387. The standard InChI is InChI=1S/C28H23N5O/c29-27-28(34-17-22-11-10-19-8-4-15-31-24(19)22)33-26(25(32-27)18-6-2-1-3-7-18)21-12-13-23-20(16-21)9-5-14-30-23/h1-9,12-16,22H,10-11,17H2,(H2,29,32). The molecule has 0 bridgehead atoms. The Bertz CT molecular complexity index is 1490. The van der Waals surface area contributed by atoms with E-state index in [1.54, 1.807) is 6.20 Å². The van der Waals surface area contributed by atoms with Crippen molar-refractivity contribution < 1.29 is 4.74 Å². The minimum Gasteiger partial charge on any atom is -0.474 e. The van der Waals surface area contributed by atoms with Gasteiger partial charge in [-0.25, -0.2) is 9.97 Å². The summed E-state index contributed by atoms with van der Waals surface area (Å²) >= 11 is 0. The summed E-state index contributed by atoms with van der Waals surface area (Å²) < 4.78 is 6.17. The van der Waals surface area contributed by atoms with E-state index in [2.05, 4.69) is 22.1 Å². The van der Waals surface area contributed by atoms with E-state index in [0.717, 1.165) is 52.0 Å². The van der Waals surface area contributed by atoms with Crippen molar-refractivity contribution in [2.75, 3.05) is 12.3 Å². The first-order valence-electron chi connectivity index (χ1n) is 11.4. The fourth-order valence-electron chi connectivity index (χ4n) is 4.60. The summed E-state index contributed by atoms with van der Waals surface area (Å²) in [6.07, 6.45) is 5.66. The van der Waals surface area contributed by atoms with Crippen LogP contribution in [0.3, 0.4) is 0 Å². The predicted octanol–water partition coefficient (Wildman–Crippen LogP) is 5.44. The maximum Gasteiger partial charge on any atom is 0.257 e. The van der Waals surface area contributed by atoms with E-state index in [9.17, 15) is 0 Å². The second kappa shape index (κ2) is 8.56. The average molecular weight is 446 g/mol. The van der Waals surface area contributed by atoms with Crippen LogP contribution in [0.25, 0.3) is 33.4 Å². The Hall–Kier alpha value is -4.32. The Morgan fingerprint density at radius 1 is 0.824 bits per heavy atom. The maximum atomic E-state index is 6.35. The Balaban J connectivity index is 1.40. The number of pyridine rings is 2. The van der Waals surface area contributed by atoms with E-state index in [1.807, 2.05) is 66.9 Å². The van der Waals surface area contributed by atoms with Crippen LogP contribution in [0.2, 0.25) is 0 Å². The van der Waals surface area contributed by atoms with Gasteiger partial charge in [0.05, 0.1) is 23.5 Å². The van der Waals surface area contributed by atoms with Gasteiger partial charge in [0.1, 0.15) is 5.69 Å². The fraction of sp³-hybridized carbons (Fsp3) is 0.143. The van der Waals surface area contributed by atoms with Gasteiger partial charge in [-0.1, -0.05) is 48.5 Å². The van der Waals surface area contributed by atoms with E-state index in [4.69, 9.17) is 20.4 Å². The average Bonchev–Trinajstić information content (AvgIpc) is 3.31. The van der Waals surface area contributed by atoms with E-state index in [0.29, 0.717) is 12.5 Å². The number of nitrogen functional groups attached to an aromatic ring is 1. The molecule has 0 amide bonds. The van der Waals surface area contributed by atoms with Gasteiger partial charge in [0.15, 0.2) is 5.82 Å². The van der Waals surface area contributed by atoms with Crippen LogP contribution < -0.4 is 10.5 Å². The third-order valence-corrected chi connectivity index (χ3v) is 6.31. The van der Waals surface area contributed by atoms with E-state index < -0.39 is 0 Å². The second-order valence-electron chi connectivity index (χ2n) is 8.48. The molecule has 3 heterocycles. The highest BCUT2D eigenvalue weighted by Gasteiger charge is 2.25. The van der Waals surface area contributed by atoms with Crippen molar-refractivity contribution in [2.24, 2.45) is 0 Å². The number of hydrogen-bond donors (Lipinski definition) is 1. The highest BCUT2D eigenvalue weighted by Crippen LogP contribution is 2.36. The zero-order valence-electron chi connectivity index (χ0n) is 18.6. The molecule has 0 spiro atoms. The third-order valence-electron chi connectivity index (χ3n) is 6.31. The number of nitrogens with zero attached hydrogens (tertiary/aromatic N) is 4. The van der Waals surface area contributed by atoms with Crippen LogP contribution in [0, 0.1) is 0 Å². The number of benzene rings is 2. The van der Waals surface area contributed by atoms with Crippen molar-refractivity contribution >= 4 is 16.7 Å². The molecule has 6 heteroatoms. The smallest absolute Gasteiger partial charge is 0.257 e. The molecule has 2 aromatic carbocycles. The largest absolute Gasteiger partial charge is 0.474 e. The van der Waals surface area contributed by atoms with Gasteiger partial charge in [-0.05, 0) is 42.7 Å². The molecule has 34 heavy (non-hydrogen) atoms. The summed E-state index contributed by atoms with van der Waals surface area (Å²) in [7, 11) is 0. The molecular weight excluding hydrogens is 422 g/mol. The van der Waals surface area contributed by atoms with Gasteiger partial charge in [-0.15, -0.1) is 0 Å². The summed E-state index contributed by atoms with van der Waals surface area (Å²) in [5.41, 5.74) is 13.0. The first-order chi connectivity index (χ1) is 16.8. The number of hydrogen-bond acceptors (Lipinski definition) is 6. The molecule has 166 valence electrons. The summed E-state index contributed by atoms with van der Waals surface area (Å²) in [6.45, 7) is 0.467. The first-order valence-corrected chi connectivity index (χ1v) is 11.4. The highest BCUT2D eigenvalue weighted by atomic mass is 16.5. The summed E-state index contributed by atoms with van der Waals surface area (Å²) in [5, 5.41) is 1.04. The monoisotopic (exact) mass is 445 g/mol. The molecule has 0 saturated carbocycles. The topological polar surface area (TPSA) is 86.8 Å². The number of rotatable bonds is 5. The molecule has 5 aromatic rings. The number of aryl methyl sites for hydroxylation is 1. The molecule has 3 aromatic heterocycles. The van der Waals surface area contributed by atoms with Crippen LogP contribution in [0.15, 0.2) is 85.2 Å². The van der Waals surface area contributed by atoms with Gasteiger partial charge >= 0.3 is 0 Å². The first kappa shape index (κ1) is 20.3. The van der Waals surface area contributed by atoms with E-state index >= 15 is 0 Å². The summed E-state index contributed by atoms with van der Waals surface area (Å²) in [4.78, 5) is 18.6. The van der Waals surface area contributed by atoms with Crippen LogP contribution in [0.1, 0.15) is 23.6 Å². The molecule has 1 aliphatic carbocycles. The van der Waals surface area contributed by atoms with E-state index in [1.165, 1.54) is 5.56 Å². The van der Waals surface area contributed by atoms with Crippen molar-refractivity contribution in [3.63, 3.8) is 0 Å². The van der Waals surface area contributed by atoms with Gasteiger partial charge in [0.2, 0.25) is 0 Å². The number of fused-ring (bicyclic) bond motifs is 2. The number of anilines is 1. The van der Waals surface area contributed by atoms with Gasteiger partial charge in [0, 0.05) is 34.8 Å². The van der Waals surface area contributed by atoms with Crippen LogP contribution in [-0.2, 0) is 6.42 Å². The van der Waals surface area contributed by atoms with Crippen molar-refractivity contribution in [3.05, 3.63) is 96.4 Å². The van der Waals surface area contributed by atoms with E-state index in [-0.39, 0.29) is 11.7 Å².